The molecular weight excluding hydrogens is 334 g/mol. The third-order valence-corrected chi connectivity index (χ3v) is 3.66. The van der Waals surface area contributed by atoms with Crippen LogP contribution < -0.4 is 5.32 Å². The molecule has 0 unspecified atom stereocenters. The molecule has 0 saturated carbocycles. The van der Waals surface area contributed by atoms with Gasteiger partial charge in [-0.1, -0.05) is 22.0 Å². The van der Waals surface area contributed by atoms with Crippen molar-refractivity contribution in [2.75, 3.05) is 5.32 Å². The maximum Gasteiger partial charge on any atom is 0.142 e. The van der Waals surface area contributed by atoms with E-state index in [2.05, 4.69) is 31.2 Å². The zero-order chi connectivity index (χ0) is 11.7. The van der Waals surface area contributed by atoms with Crippen molar-refractivity contribution >= 4 is 61.4 Å². The first-order valence-electron chi connectivity index (χ1n) is 5.04. The average Bonchev–Trinajstić information content (AvgIpc) is 2.78. The van der Waals surface area contributed by atoms with Gasteiger partial charge in [0.15, 0.2) is 0 Å². The van der Waals surface area contributed by atoms with E-state index in [1.54, 1.807) is 17.7 Å². The van der Waals surface area contributed by atoms with Gasteiger partial charge < -0.3 is 5.32 Å². The molecule has 3 aromatic rings. The van der Waals surface area contributed by atoms with Gasteiger partial charge in [0.25, 0.3) is 0 Å². The molecular formula is C12H9BrClN3S. The van der Waals surface area contributed by atoms with Gasteiger partial charge in [0, 0.05) is 10.2 Å². The molecule has 3 rings (SSSR count). The van der Waals surface area contributed by atoms with Gasteiger partial charge in [-0.05, 0) is 29.6 Å². The molecule has 0 aliphatic carbocycles. The number of fused-ring (bicyclic) bond motifs is 1. The number of rotatable bonds is 2. The minimum atomic E-state index is 0. The third kappa shape index (κ3) is 2.63. The van der Waals surface area contributed by atoms with Crippen molar-refractivity contribution < 1.29 is 0 Å². The first kappa shape index (κ1) is 13.3. The van der Waals surface area contributed by atoms with Gasteiger partial charge in [-0.25, -0.2) is 9.97 Å². The summed E-state index contributed by atoms with van der Waals surface area (Å²) in [5.74, 6) is 0.842. The highest BCUT2D eigenvalue weighted by Gasteiger charge is 2.04. The van der Waals surface area contributed by atoms with Crippen LogP contribution in [0, 0.1) is 0 Å². The minimum Gasteiger partial charge on any atom is -0.340 e. The summed E-state index contributed by atoms with van der Waals surface area (Å²) in [6.45, 7) is 0. The van der Waals surface area contributed by atoms with E-state index in [1.807, 2.05) is 35.7 Å². The van der Waals surface area contributed by atoms with Crippen molar-refractivity contribution in [3.05, 3.63) is 46.5 Å². The number of anilines is 2. The third-order valence-electron chi connectivity index (χ3n) is 2.35. The maximum atomic E-state index is 4.27. The first-order valence-corrected chi connectivity index (χ1v) is 6.71. The lowest BCUT2D eigenvalue weighted by Crippen LogP contribution is -1.94. The van der Waals surface area contributed by atoms with Crippen LogP contribution in [0.1, 0.15) is 0 Å². The van der Waals surface area contributed by atoms with Crippen LogP contribution in [0.15, 0.2) is 46.5 Å². The lowest BCUT2D eigenvalue weighted by Gasteiger charge is -2.06. The van der Waals surface area contributed by atoms with E-state index in [4.69, 9.17) is 0 Å². The Labute approximate surface area is 123 Å². The second kappa shape index (κ2) is 5.65. The molecule has 0 fully saturated rings. The molecule has 0 radical (unpaired) electrons. The van der Waals surface area contributed by atoms with Crippen molar-refractivity contribution in [2.24, 2.45) is 0 Å². The quantitative estimate of drug-likeness (QED) is 0.738. The Kier molecular flexibility index (Phi) is 4.16. The van der Waals surface area contributed by atoms with Crippen molar-refractivity contribution in [3.63, 3.8) is 0 Å². The van der Waals surface area contributed by atoms with Gasteiger partial charge in [-0.2, -0.15) is 0 Å². The Hall–Kier alpha value is -1.17. The molecule has 0 aliphatic heterocycles. The number of halogens is 2. The summed E-state index contributed by atoms with van der Waals surface area (Å²) in [5.41, 5.74) is 1.01. The fraction of sp³-hybridized carbons (Fsp3) is 0. The Bertz CT molecular complexity index is 671. The minimum absolute atomic E-state index is 0. The molecule has 92 valence electrons. The number of aromatic nitrogens is 2. The van der Waals surface area contributed by atoms with Crippen molar-refractivity contribution in [1.82, 2.24) is 9.97 Å². The van der Waals surface area contributed by atoms with Crippen molar-refractivity contribution in [3.8, 4) is 0 Å². The van der Waals surface area contributed by atoms with E-state index in [-0.39, 0.29) is 12.4 Å². The SMILES string of the molecule is Brc1cccc(Nc2ncnc3sccc23)c1.Cl. The zero-order valence-corrected chi connectivity index (χ0v) is 12.3. The summed E-state index contributed by atoms with van der Waals surface area (Å²) in [5, 5.41) is 6.37. The van der Waals surface area contributed by atoms with E-state index in [9.17, 15) is 0 Å². The standard InChI is InChI=1S/C12H8BrN3S.ClH/c13-8-2-1-3-9(6-8)16-11-10-4-5-17-12(10)15-7-14-11;/h1-7H,(H,14,15,16);1H. The number of thiophene rings is 1. The largest absolute Gasteiger partial charge is 0.340 e. The second-order valence-corrected chi connectivity index (χ2v) is 5.31. The summed E-state index contributed by atoms with van der Waals surface area (Å²) in [6.07, 6.45) is 1.58. The Morgan fingerprint density at radius 3 is 2.89 bits per heavy atom. The smallest absolute Gasteiger partial charge is 0.142 e. The monoisotopic (exact) mass is 341 g/mol. The zero-order valence-electron chi connectivity index (χ0n) is 9.13. The van der Waals surface area contributed by atoms with Gasteiger partial charge >= 0.3 is 0 Å². The molecule has 0 amide bonds. The van der Waals surface area contributed by atoms with Crippen LogP contribution in [-0.4, -0.2) is 9.97 Å². The van der Waals surface area contributed by atoms with Crippen LogP contribution >= 0.6 is 39.7 Å². The van der Waals surface area contributed by atoms with Crippen LogP contribution in [-0.2, 0) is 0 Å². The van der Waals surface area contributed by atoms with Gasteiger partial charge in [0.05, 0.1) is 5.39 Å². The topological polar surface area (TPSA) is 37.8 Å². The normalized spacial score (nSPS) is 10.1. The van der Waals surface area contributed by atoms with Crippen LogP contribution in [0.4, 0.5) is 11.5 Å². The van der Waals surface area contributed by atoms with E-state index in [0.29, 0.717) is 0 Å². The Morgan fingerprint density at radius 2 is 2.06 bits per heavy atom. The maximum absolute atomic E-state index is 4.27. The number of hydrogen-bond acceptors (Lipinski definition) is 4. The molecule has 2 heterocycles. The predicted octanol–water partition coefficient (Wildman–Crippen LogP) is 4.62. The van der Waals surface area contributed by atoms with E-state index in [0.717, 1.165) is 26.2 Å². The summed E-state index contributed by atoms with van der Waals surface area (Å²) >= 11 is 5.06. The highest BCUT2D eigenvalue weighted by atomic mass is 79.9. The van der Waals surface area contributed by atoms with Gasteiger partial charge in [0.1, 0.15) is 17.0 Å². The molecule has 2 aromatic heterocycles. The molecule has 0 saturated heterocycles. The van der Waals surface area contributed by atoms with Crippen LogP contribution in [0.5, 0.6) is 0 Å². The van der Waals surface area contributed by atoms with E-state index >= 15 is 0 Å². The summed E-state index contributed by atoms with van der Waals surface area (Å²) in [4.78, 5) is 9.49. The summed E-state index contributed by atoms with van der Waals surface area (Å²) in [6, 6.07) is 10.0. The Balaban J connectivity index is 0.00000120. The lowest BCUT2D eigenvalue weighted by molar-refractivity contribution is 1.23. The number of nitrogens with zero attached hydrogens (tertiary/aromatic N) is 2. The predicted molar refractivity (Wildman–Crippen MR) is 82.1 cm³/mol. The second-order valence-electron chi connectivity index (χ2n) is 3.50. The van der Waals surface area contributed by atoms with Crippen molar-refractivity contribution in [1.29, 1.82) is 0 Å². The number of hydrogen-bond donors (Lipinski definition) is 1. The fourth-order valence-corrected chi connectivity index (χ4v) is 2.72. The van der Waals surface area contributed by atoms with Gasteiger partial charge in [-0.3, -0.25) is 0 Å². The highest BCUT2D eigenvalue weighted by molar-refractivity contribution is 9.10. The molecule has 1 N–H and O–H groups in total. The molecule has 0 spiro atoms. The Morgan fingerprint density at radius 1 is 1.17 bits per heavy atom. The van der Waals surface area contributed by atoms with Crippen molar-refractivity contribution in [2.45, 2.75) is 0 Å². The van der Waals surface area contributed by atoms with Gasteiger partial charge in [-0.15, -0.1) is 23.7 Å². The van der Waals surface area contributed by atoms with Crippen LogP contribution in [0.2, 0.25) is 0 Å². The number of benzene rings is 1. The number of nitrogens with one attached hydrogen (secondary N) is 1. The van der Waals surface area contributed by atoms with E-state index < -0.39 is 0 Å². The first-order chi connectivity index (χ1) is 8.33. The average molecular weight is 343 g/mol. The van der Waals surface area contributed by atoms with E-state index in [1.165, 1.54) is 0 Å². The molecule has 3 nitrogen and oxygen atoms in total. The van der Waals surface area contributed by atoms with Gasteiger partial charge in [0.2, 0.25) is 0 Å². The molecule has 18 heavy (non-hydrogen) atoms. The molecule has 0 atom stereocenters. The summed E-state index contributed by atoms with van der Waals surface area (Å²) in [7, 11) is 0. The van der Waals surface area contributed by atoms with Crippen LogP contribution in [0.25, 0.3) is 10.2 Å². The molecule has 0 bridgehead atoms. The van der Waals surface area contributed by atoms with Crippen LogP contribution in [0.3, 0.4) is 0 Å². The molecule has 6 heteroatoms. The summed E-state index contributed by atoms with van der Waals surface area (Å²) < 4.78 is 1.04. The lowest BCUT2D eigenvalue weighted by atomic mass is 10.3. The molecule has 1 aromatic carbocycles. The fourth-order valence-electron chi connectivity index (χ4n) is 1.59. The molecule has 0 aliphatic rings. The highest BCUT2D eigenvalue weighted by Crippen LogP contribution is 2.27.